The summed E-state index contributed by atoms with van der Waals surface area (Å²) in [5, 5.41) is 3.02. The maximum Gasteiger partial charge on any atom is 0.306 e. The van der Waals surface area contributed by atoms with E-state index in [1.807, 2.05) is 33.3 Å². The Bertz CT molecular complexity index is 1580. The van der Waals surface area contributed by atoms with Crippen LogP contribution in [0.4, 0.5) is 0 Å². The van der Waals surface area contributed by atoms with Crippen LogP contribution in [0.2, 0.25) is 0 Å². The van der Waals surface area contributed by atoms with Crippen molar-refractivity contribution in [3.05, 3.63) is 72.9 Å². The van der Waals surface area contributed by atoms with Crippen LogP contribution in [0.3, 0.4) is 0 Å². The number of quaternary nitrogens is 1. The SMILES string of the molecule is CC/C=C/C=C/C=C\CCCCCCCC(=O)NC(COP(=O)([O-])OCC[N+](C)(C)C)C(/C=C\CCCCCCCCCCCCC)OC(=O)CCCCCCCCCCCCCCCCCCC/C=C\C/C=C\CCCCC. The number of unbranched alkanes of at least 4 members (excludes halogenated alkanes) is 36. The number of phosphoric acid groups is 1. The molecule has 1 N–H and O–H groups in total. The minimum absolute atomic E-state index is 0.0277. The van der Waals surface area contributed by atoms with Gasteiger partial charge in [0.05, 0.1) is 33.8 Å². The van der Waals surface area contributed by atoms with Crippen molar-refractivity contribution in [2.24, 2.45) is 0 Å². The van der Waals surface area contributed by atoms with Crippen molar-refractivity contribution in [3.8, 4) is 0 Å². The molecule has 0 aliphatic rings. The molecule has 1 amide bonds. The molecule has 0 aromatic heterocycles. The molecule has 460 valence electrons. The van der Waals surface area contributed by atoms with Crippen molar-refractivity contribution in [2.75, 3.05) is 40.9 Å². The first kappa shape index (κ1) is 76.5. The number of ether oxygens (including phenoxy) is 1. The fourth-order valence-electron chi connectivity index (χ4n) is 9.55. The molecule has 0 aliphatic carbocycles. The number of carbonyl (C=O) groups excluding carboxylic acids is 2. The summed E-state index contributed by atoms with van der Waals surface area (Å²) in [6.07, 6.45) is 76.0. The van der Waals surface area contributed by atoms with Crippen molar-refractivity contribution in [1.82, 2.24) is 5.32 Å². The number of likely N-dealkylation sites (N-methyl/N-ethyl adjacent to an activating group) is 1. The van der Waals surface area contributed by atoms with E-state index in [0.29, 0.717) is 23.9 Å². The zero-order valence-electron chi connectivity index (χ0n) is 52.6. The third-order valence-electron chi connectivity index (χ3n) is 14.7. The van der Waals surface area contributed by atoms with Gasteiger partial charge in [0.15, 0.2) is 0 Å². The van der Waals surface area contributed by atoms with Crippen molar-refractivity contribution in [3.63, 3.8) is 0 Å². The number of hydrogen-bond acceptors (Lipinski definition) is 7. The molecule has 0 bridgehead atoms. The van der Waals surface area contributed by atoms with E-state index in [0.717, 1.165) is 83.5 Å². The van der Waals surface area contributed by atoms with Crippen LogP contribution in [-0.2, 0) is 27.9 Å². The van der Waals surface area contributed by atoms with Crippen LogP contribution in [0.5, 0.6) is 0 Å². The zero-order chi connectivity index (χ0) is 57.9. The Labute approximate surface area is 489 Å². The van der Waals surface area contributed by atoms with Crippen molar-refractivity contribution in [2.45, 2.75) is 315 Å². The highest BCUT2D eigenvalue weighted by Gasteiger charge is 2.27. The van der Waals surface area contributed by atoms with Crippen LogP contribution in [0, 0.1) is 0 Å². The highest BCUT2D eigenvalue weighted by Crippen LogP contribution is 2.38. The van der Waals surface area contributed by atoms with Gasteiger partial charge in [0.1, 0.15) is 19.3 Å². The van der Waals surface area contributed by atoms with Gasteiger partial charge in [-0.3, -0.25) is 14.2 Å². The number of amides is 1. The van der Waals surface area contributed by atoms with Crippen LogP contribution in [0.1, 0.15) is 303 Å². The van der Waals surface area contributed by atoms with Crippen LogP contribution in [0.15, 0.2) is 72.9 Å². The lowest BCUT2D eigenvalue weighted by atomic mass is 10.0. The van der Waals surface area contributed by atoms with E-state index in [4.69, 9.17) is 13.8 Å². The summed E-state index contributed by atoms with van der Waals surface area (Å²) < 4.78 is 30.3. The van der Waals surface area contributed by atoms with E-state index in [1.165, 1.54) is 180 Å². The Balaban J connectivity index is 5.03. The number of nitrogens with one attached hydrogen (secondary N) is 1. The predicted octanol–water partition coefficient (Wildman–Crippen LogP) is 20.2. The lowest BCUT2D eigenvalue weighted by Crippen LogP contribution is -2.47. The van der Waals surface area contributed by atoms with Crippen molar-refractivity contribution < 1.29 is 37.3 Å². The van der Waals surface area contributed by atoms with Gasteiger partial charge in [-0.1, -0.05) is 280 Å². The molecule has 0 rings (SSSR count). The highest BCUT2D eigenvalue weighted by atomic mass is 31.2. The van der Waals surface area contributed by atoms with Crippen LogP contribution in [-0.4, -0.2) is 69.4 Å². The van der Waals surface area contributed by atoms with E-state index in [9.17, 15) is 19.0 Å². The van der Waals surface area contributed by atoms with E-state index >= 15 is 0 Å². The molecular formula is C69H127N2O7P. The fourth-order valence-corrected chi connectivity index (χ4v) is 10.3. The lowest BCUT2D eigenvalue weighted by Gasteiger charge is -2.30. The smallest absolute Gasteiger partial charge is 0.306 e. The molecule has 0 aromatic rings. The second-order valence-corrected chi connectivity index (χ2v) is 25.1. The van der Waals surface area contributed by atoms with Gasteiger partial charge in [-0.25, -0.2) is 0 Å². The summed E-state index contributed by atoms with van der Waals surface area (Å²) in [6.45, 7) is 6.69. The molecule has 9 nitrogen and oxygen atoms in total. The molecule has 0 aromatic carbocycles. The zero-order valence-corrected chi connectivity index (χ0v) is 53.5. The normalized spacial score (nSPS) is 14.1. The summed E-state index contributed by atoms with van der Waals surface area (Å²) in [7, 11) is 1.17. The summed E-state index contributed by atoms with van der Waals surface area (Å²) in [6, 6.07) is -0.900. The first-order chi connectivity index (χ1) is 38.4. The van der Waals surface area contributed by atoms with Crippen molar-refractivity contribution >= 4 is 19.7 Å². The van der Waals surface area contributed by atoms with Gasteiger partial charge in [0, 0.05) is 12.8 Å². The Kier molecular flexibility index (Phi) is 56.7. The predicted molar refractivity (Wildman–Crippen MR) is 339 cm³/mol. The first-order valence-corrected chi connectivity index (χ1v) is 34.7. The van der Waals surface area contributed by atoms with Gasteiger partial charge in [-0.15, -0.1) is 0 Å². The van der Waals surface area contributed by atoms with Gasteiger partial charge >= 0.3 is 5.97 Å². The largest absolute Gasteiger partial charge is 0.756 e. The van der Waals surface area contributed by atoms with E-state index < -0.39 is 26.6 Å². The number of hydrogen-bond donors (Lipinski definition) is 1. The topological polar surface area (TPSA) is 114 Å². The van der Waals surface area contributed by atoms with E-state index in [1.54, 1.807) is 0 Å². The number of allylic oxidation sites excluding steroid dienone is 11. The summed E-state index contributed by atoms with van der Waals surface area (Å²) >= 11 is 0. The summed E-state index contributed by atoms with van der Waals surface area (Å²) in [4.78, 5) is 40.0. The molecule has 3 unspecified atom stereocenters. The molecule has 0 saturated carbocycles. The lowest BCUT2D eigenvalue weighted by molar-refractivity contribution is -0.870. The van der Waals surface area contributed by atoms with E-state index in [-0.39, 0.29) is 24.9 Å². The van der Waals surface area contributed by atoms with Gasteiger partial charge in [-0.05, 0) is 83.1 Å². The molecule has 0 heterocycles. The molecule has 79 heavy (non-hydrogen) atoms. The van der Waals surface area contributed by atoms with Gasteiger partial charge in [-0.2, -0.15) is 0 Å². The molecule has 0 saturated heterocycles. The Morgan fingerprint density at radius 3 is 1.33 bits per heavy atom. The maximum atomic E-state index is 13.5. The number of phosphoric ester groups is 1. The van der Waals surface area contributed by atoms with Crippen LogP contribution in [0.25, 0.3) is 0 Å². The third-order valence-corrected chi connectivity index (χ3v) is 15.6. The minimum Gasteiger partial charge on any atom is -0.756 e. The quantitative estimate of drug-likeness (QED) is 0.0161. The van der Waals surface area contributed by atoms with Crippen LogP contribution < -0.4 is 10.2 Å². The van der Waals surface area contributed by atoms with Gasteiger partial charge in [0.2, 0.25) is 5.91 Å². The summed E-state index contributed by atoms with van der Waals surface area (Å²) in [5.41, 5.74) is 0. The number of rotatable bonds is 60. The average molecular weight is 1130 g/mol. The summed E-state index contributed by atoms with van der Waals surface area (Å²) in [5.74, 6) is -0.558. The molecule has 3 atom stereocenters. The Morgan fingerprint density at radius 2 is 0.861 bits per heavy atom. The average Bonchev–Trinajstić information content (AvgIpc) is 3.41. The Hall–Kier alpha value is -2.55. The van der Waals surface area contributed by atoms with Crippen LogP contribution >= 0.6 is 7.82 Å². The van der Waals surface area contributed by atoms with Crippen molar-refractivity contribution in [1.29, 1.82) is 0 Å². The van der Waals surface area contributed by atoms with Gasteiger partial charge in [0.25, 0.3) is 7.82 Å². The number of esters is 1. The first-order valence-electron chi connectivity index (χ1n) is 33.3. The monoisotopic (exact) mass is 1130 g/mol. The molecule has 0 fully saturated rings. The number of carbonyl (C=O) groups is 2. The standard InChI is InChI=1S/C69H127N2O7P/c1-7-10-13-16-19-22-25-28-29-30-31-32-33-34-35-36-37-38-39-40-41-44-47-50-53-56-59-62-69(73)78-67(60-57-54-51-48-45-42-26-23-20-17-14-11-8-2)66(65-77-79(74,75)76-64-63-71(4,5)6)70-68(72)61-58-55-52-49-46-43-27-24-21-18-15-12-9-3/h12,15,18-19,21-22,24,27-29,57,60,66-67H,7-11,13-14,16-17,20,23,25-26,30-56,58-59,61-65H2,1-6H3,(H-,70,72,74,75)/b15-12+,21-18+,22-19-,27-24-,29-28-,60-57-. The second-order valence-electron chi connectivity index (χ2n) is 23.7. The minimum atomic E-state index is -4.71. The van der Waals surface area contributed by atoms with Gasteiger partial charge < -0.3 is 28.5 Å². The fraction of sp³-hybridized carbons (Fsp3) is 0.797. The molecule has 0 aliphatic heterocycles. The number of nitrogens with zero attached hydrogens (tertiary/aromatic N) is 1. The molecule has 0 spiro atoms. The van der Waals surface area contributed by atoms with E-state index in [2.05, 4.69) is 86.8 Å². The molecule has 10 heteroatoms. The third kappa shape index (κ3) is 59.9. The molecule has 0 radical (unpaired) electrons. The Morgan fingerprint density at radius 1 is 0.468 bits per heavy atom. The molecular weight excluding hydrogens is 1000 g/mol. The second kappa shape index (κ2) is 58.6. The highest BCUT2D eigenvalue weighted by molar-refractivity contribution is 7.45. The maximum absolute atomic E-state index is 13.5.